The molecule has 1 aromatic carbocycles. The molecule has 1 unspecified atom stereocenters. The van der Waals surface area contributed by atoms with Crippen molar-refractivity contribution >= 4 is 23.4 Å². The van der Waals surface area contributed by atoms with E-state index in [1.165, 1.54) is 11.3 Å². The van der Waals surface area contributed by atoms with Crippen LogP contribution < -0.4 is 5.32 Å². The van der Waals surface area contributed by atoms with Crippen molar-refractivity contribution in [1.29, 1.82) is 0 Å². The Hall–Kier alpha value is -2.41. The van der Waals surface area contributed by atoms with Crippen molar-refractivity contribution in [3.8, 4) is 0 Å². The Balaban J connectivity index is 2.05. The summed E-state index contributed by atoms with van der Waals surface area (Å²) < 4.78 is 5.17. The van der Waals surface area contributed by atoms with Gasteiger partial charge in [-0.3, -0.25) is 4.79 Å². The normalized spacial score (nSPS) is 13.1. The van der Waals surface area contributed by atoms with Gasteiger partial charge in [0.1, 0.15) is 17.2 Å². The summed E-state index contributed by atoms with van der Waals surface area (Å²) in [5.41, 5.74) is 0.521. The van der Waals surface area contributed by atoms with Crippen molar-refractivity contribution < 1.29 is 19.4 Å². The van der Waals surface area contributed by atoms with Crippen LogP contribution in [0.3, 0.4) is 0 Å². The van der Waals surface area contributed by atoms with E-state index >= 15 is 0 Å². The van der Waals surface area contributed by atoms with Crippen LogP contribution in [-0.4, -0.2) is 22.2 Å². The van der Waals surface area contributed by atoms with E-state index in [9.17, 15) is 9.59 Å². The first-order chi connectivity index (χ1) is 10.9. The number of carboxylic acid groups (broad SMARTS) is 1. The van der Waals surface area contributed by atoms with E-state index in [0.29, 0.717) is 5.01 Å². The number of benzene rings is 1. The molecule has 0 aliphatic heterocycles. The first-order valence-electron chi connectivity index (χ1n) is 7.02. The predicted molar refractivity (Wildman–Crippen MR) is 86.2 cm³/mol. The van der Waals surface area contributed by atoms with Crippen molar-refractivity contribution in [3.05, 3.63) is 52.0 Å². The first-order valence-corrected chi connectivity index (χ1v) is 7.90. The number of ether oxygens (including phenoxy) is 1. The number of nitrogens with one attached hydrogen (secondary N) is 1. The maximum Gasteiger partial charge on any atom is 0.408 e. The zero-order valence-electron chi connectivity index (χ0n) is 12.9. The van der Waals surface area contributed by atoms with Gasteiger partial charge in [-0.15, -0.1) is 11.3 Å². The van der Waals surface area contributed by atoms with Crippen LogP contribution in [0.4, 0.5) is 4.79 Å². The number of carboxylic acids is 1. The number of hydrogen-bond donors (Lipinski definition) is 2. The molecule has 0 aliphatic carbocycles. The number of hydrogen-bond acceptors (Lipinski definition) is 5. The van der Waals surface area contributed by atoms with Gasteiger partial charge in [0.25, 0.3) is 0 Å². The second-order valence-electron chi connectivity index (χ2n) is 5.38. The van der Waals surface area contributed by atoms with Crippen molar-refractivity contribution in [2.24, 2.45) is 0 Å². The topological polar surface area (TPSA) is 88.5 Å². The second kappa shape index (κ2) is 7.23. The molecule has 2 N–H and O–H groups in total. The zero-order chi connectivity index (χ0) is 16.9. The highest BCUT2D eigenvalue weighted by atomic mass is 32.1. The van der Waals surface area contributed by atoms with Gasteiger partial charge in [-0.05, 0) is 19.4 Å². The molecule has 0 fully saturated rings. The van der Waals surface area contributed by atoms with Gasteiger partial charge in [-0.25, -0.2) is 9.78 Å². The van der Waals surface area contributed by atoms with Crippen molar-refractivity contribution in [3.63, 3.8) is 0 Å². The summed E-state index contributed by atoms with van der Waals surface area (Å²) in [6, 6.07) is 9.26. The number of aromatic nitrogens is 1. The number of thiazole rings is 1. The van der Waals surface area contributed by atoms with E-state index in [2.05, 4.69) is 10.3 Å². The molecule has 7 heteroatoms. The minimum atomic E-state index is -1.11. The minimum absolute atomic E-state index is 0.118. The van der Waals surface area contributed by atoms with Crippen LogP contribution >= 0.6 is 11.3 Å². The fraction of sp³-hybridized carbons (Fsp3) is 0.312. The van der Waals surface area contributed by atoms with Crippen LogP contribution in [0.1, 0.15) is 29.6 Å². The molecule has 2 aromatic rings. The summed E-state index contributed by atoms with van der Waals surface area (Å²) in [5.74, 6) is -1.02. The number of rotatable bonds is 6. The molecule has 1 amide bonds. The lowest BCUT2D eigenvalue weighted by Crippen LogP contribution is -2.45. The molecule has 0 radical (unpaired) electrons. The molecular weight excluding hydrogens is 316 g/mol. The van der Waals surface area contributed by atoms with Gasteiger partial charge >= 0.3 is 12.1 Å². The summed E-state index contributed by atoms with van der Waals surface area (Å²) in [7, 11) is 0. The maximum atomic E-state index is 12.0. The SMILES string of the molecule is Cc1csc(C(C)(CC(=O)O)NC(=O)OCc2ccccc2)n1. The molecular formula is C16H18N2O4S. The van der Waals surface area contributed by atoms with Crippen LogP contribution in [0.25, 0.3) is 0 Å². The molecule has 1 atom stereocenters. The van der Waals surface area contributed by atoms with E-state index in [-0.39, 0.29) is 13.0 Å². The van der Waals surface area contributed by atoms with Gasteiger partial charge in [-0.1, -0.05) is 30.3 Å². The highest BCUT2D eigenvalue weighted by Gasteiger charge is 2.35. The minimum Gasteiger partial charge on any atom is -0.481 e. The maximum absolute atomic E-state index is 12.0. The molecule has 1 aromatic heterocycles. The standard InChI is InChI=1S/C16H18N2O4S/c1-11-10-23-14(17-11)16(2,8-13(19)20)18-15(21)22-9-12-6-4-3-5-7-12/h3-7,10H,8-9H2,1-2H3,(H,18,21)(H,19,20). The lowest BCUT2D eigenvalue weighted by molar-refractivity contribution is -0.138. The van der Waals surface area contributed by atoms with Gasteiger partial charge in [0, 0.05) is 11.1 Å². The molecule has 2 rings (SSSR count). The Morgan fingerprint density at radius 3 is 2.61 bits per heavy atom. The van der Waals surface area contributed by atoms with Gasteiger partial charge in [-0.2, -0.15) is 0 Å². The third-order valence-corrected chi connectivity index (χ3v) is 4.41. The predicted octanol–water partition coefficient (Wildman–Crippen LogP) is 3.07. The highest BCUT2D eigenvalue weighted by molar-refractivity contribution is 7.09. The lowest BCUT2D eigenvalue weighted by atomic mass is 9.99. The first kappa shape index (κ1) is 17.0. The van der Waals surface area contributed by atoms with Crippen LogP contribution in [0.5, 0.6) is 0 Å². The summed E-state index contributed by atoms with van der Waals surface area (Å²) in [5, 5.41) is 14.1. The van der Waals surface area contributed by atoms with Crippen LogP contribution in [-0.2, 0) is 21.7 Å². The van der Waals surface area contributed by atoms with E-state index < -0.39 is 17.6 Å². The Labute approximate surface area is 138 Å². The quantitative estimate of drug-likeness (QED) is 0.847. The number of aryl methyl sites for hydroxylation is 1. The molecule has 122 valence electrons. The number of carbonyl (C=O) groups is 2. The molecule has 1 heterocycles. The summed E-state index contributed by atoms with van der Waals surface area (Å²) >= 11 is 1.31. The molecule has 0 saturated carbocycles. The van der Waals surface area contributed by atoms with Gasteiger partial charge in [0.15, 0.2) is 0 Å². The summed E-state index contributed by atoms with van der Waals surface area (Å²) in [6.45, 7) is 3.56. The van der Waals surface area contributed by atoms with Crippen LogP contribution in [0.15, 0.2) is 35.7 Å². The molecule has 23 heavy (non-hydrogen) atoms. The van der Waals surface area contributed by atoms with Crippen molar-refractivity contribution in [2.75, 3.05) is 0 Å². The third-order valence-electron chi connectivity index (χ3n) is 3.19. The summed E-state index contributed by atoms with van der Waals surface area (Å²) in [6.07, 6.45) is -0.953. The van der Waals surface area contributed by atoms with Crippen molar-refractivity contribution in [2.45, 2.75) is 32.4 Å². The van der Waals surface area contributed by atoms with E-state index in [4.69, 9.17) is 9.84 Å². The smallest absolute Gasteiger partial charge is 0.408 e. The van der Waals surface area contributed by atoms with E-state index in [0.717, 1.165) is 11.3 Å². The fourth-order valence-electron chi connectivity index (χ4n) is 2.07. The average Bonchev–Trinajstić information content (AvgIpc) is 2.93. The lowest BCUT2D eigenvalue weighted by Gasteiger charge is -2.26. The summed E-state index contributed by atoms with van der Waals surface area (Å²) in [4.78, 5) is 27.5. The van der Waals surface area contributed by atoms with E-state index in [1.54, 1.807) is 6.92 Å². The molecule has 0 aliphatic rings. The van der Waals surface area contributed by atoms with Crippen molar-refractivity contribution in [1.82, 2.24) is 10.3 Å². The number of amides is 1. The third kappa shape index (κ3) is 4.79. The Kier molecular flexibility index (Phi) is 5.33. The van der Waals surface area contributed by atoms with Crippen LogP contribution in [0, 0.1) is 6.92 Å². The van der Waals surface area contributed by atoms with Gasteiger partial charge < -0.3 is 15.2 Å². The second-order valence-corrected chi connectivity index (χ2v) is 6.24. The van der Waals surface area contributed by atoms with Gasteiger partial charge in [0.2, 0.25) is 0 Å². The zero-order valence-corrected chi connectivity index (χ0v) is 13.7. The molecule has 0 bridgehead atoms. The Morgan fingerprint density at radius 2 is 2.04 bits per heavy atom. The number of nitrogens with zero attached hydrogens (tertiary/aromatic N) is 1. The molecule has 0 saturated heterocycles. The highest BCUT2D eigenvalue weighted by Crippen LogP contribution is 2.28. The number of aliphatic carboxylic acids is 1. The Bertz CT molecular complexity index is 686. The van der Waals surface area contributed by atoms with E-state index in [1.807, 2.05) is 42.6 Å². The largest absolute Gasteiger partial charge is 0.481 e. The number of carbonyl (C=O) groups excluding carboxylic acids is 1. The average molecular weight is 334 g/mol. The fourth-order valence-corrected chi connectivity index (χ4v) is 2.98. The monoisotopic (exact) mass is 334 g/mol. The molecule has 6 nitrogen and oxygen atoms in total. The number of alkyl carbamates (subject to hydrolysis) is 1. The van der Waals surface area contributed by atoms with Crippen LogP contribution in [0.2, 0.25) is 0 Å². The van der Waals surface area contributed by atoms with Gasteiger partial charge in [0.05, 0.1) is 6.42 Å². The molecule has 0 spiro atoms. The Morgan fingerprint density at radius 1 is 1.35 bits per heavy atom.